The molecule has 0 saturated heterocycles. The molecule has 1 heterocycles. The van der Waals surface area contributed by atoms with Gasteiger partial charge in [-0.1, -0.05) is 30.3 Å². The molecule has 1 amide bonds. The van der Waals surface area contributed by atoms with Crippen LogP contribution in [0.2, 0.25) is 0 Å². The molecule has 32 heavy (non-hydrogen) atoms. The third-order valence-corrected chi connectivity index (χ3v) is 6.72. The first-order valence-corrected chi connectivity index (χ1v) is 11.9. The van der Waals surface area contributed by atoms with Gasteiger partial charge in [0.2, 0.25) is 0 Å². The van der Waals surface area contributed by atoms with E-state index >= 15 is 0 Å². The van der Waals surface area contributed by atoms with Gasteiger partial charge in [-0.2, -0.15) is 0 Å². The minimum Gasteiger partial charge on any atom is -0.497 e. The summed E-state index contributed by atoms with van der Waals surface area (Å²) in [6.45, 7) is 0. The van der Waals surface area contributed by atoms with Crippen LogP contribution >= 0.6 is 11.3 Å². The van der Waals surface area contributed by atoms with E-state index in [1.165, 1.54) is 42.7 Å². The van der Waals surface area contributed by atoms with E-state index in [0.717, 1.165) is 11.3 Å². The van der Waals surface area contributed by atoms with Crippen molar-refractivity contribution in [3.8, 4) is 17.0 Å². The molecule has 1 aromatic heterocycles. The van der Waals surface area contributed by atoms with Crippen LogP contribution in [0.25, 0.3) is 11.3 Å². The second kappa shape index (κ2) is 9.21. The largest absolute Gasteiger partial charge is 0.497 e. The molecule has 0 bridgehead atoms. The Labute approximate surface area is 189 Å². The second-order valence-electron chi connectivity index (χ2n) is 6.72. The van der Waals surface area contributed by atoms with Gasteiger partial charge in [-0.3, -0.25) is 14.8 Å². The zero-order valence-corrected chi connectivity index (χ0v) is 18.6. The van der Waals surface area contributed by atoms with Crippen LogP contribution in [0.4, 0.5) is 10.8 Å². The van der Waals surface area contributed by atoms with Gasteiger partial charge in [0.05, 0.1) is 17.7 Å². The van der Waals surface area contributed by atoms with Gasteiger partial charge >= 0.3 is 0 Å². The van der Waals surface area contributed by atoms with Crippen LogP contribution in [0.3, 0.4) is 0 Å². The Morgan fingerprint density at radius 1 is 0.938 bits per heavy atom. The van der Waals surface area contributed by atoms with Gasteiger partial charge in [0, 0.05) is 22.2 Å². The summed E-state index contributed by atoms with van der Waals surface area (Å²) in [7, 11) is -2.26. The molecule has 0 aliphatic heterocycles. The molecule has 7 nitrogen and oxygen atoms in total. The number of nitrogens with one attached hydrogen (secondary N) is 2. The average Bonchev–Trinajstić information content (AvgIpc) is 3.28. The third-order valence-electron chi connectivity index (χ3n) is 4.56. The number of aromatic nitrogens is 1. The lowest BCUT2D eigenvalue weighted by Crippen LogP contribution is -2.14. The predicted molar refractivity (Wildman–Crippen MR) is 126 cm³/mol. The van der Waals surface area contributed by atoms with E-state index in [4.69, 9.17) is 4.74 Å². The second-order valence-corrected chi connectivity index (χ2v) is 9.26. The third kappa shape index (κ3) is 4.96. The van der Waals surface area contributed by atoms with E-state index in [1.54, 1.807) is 24.3 Å². The Balaban J connectivity index is 1.43. The fourth-order valence-corrected chi connectivity index (χ4v) is 4.67. The number of methoxy groups -OCH3 is 1. The summed E-state index contributed by atoms with van der Waals surface area (Å²) in [5.41, 5.74) is 2.47. The van der Waals surface area contributed by atoms with Gasteiger partial charge in [-0.15, -0.1) is 11.3 Å². The lowest BCUT2D eigenvalue weighted by molar-refractivity contribution is 0.102. The normalized spacial score (nSPS) is 11.0. The predicted octanol–water partition coefficient (Wildman–Crippen LogP) is 4.87. The molecule has 4 aromatic rings. The SMILES string of the molecule is COc1ccc(NS(=O)(=O)c2ccc(C(=O)Nc3nc(-c4ccccc4)cs3)cc2)cc1. The molecule has 0 saturated carbocycles. The number of thiazole rings is 1. The standard InChI is InChI=1S/C23H19N3O4S2/c1-30-19-11-9-18(10-12-19)26-32(28,29)20-13-7-17(8-14-20)22(27)25-23-24-21(15-31-23)16-5-3-2-4-6-16/h2-15,26H,1H3,(H,24,25,27). The number of carbonyl (C=O) groups is 1. The fraction of sp³-hybridized carbons (Fsp3) is 0.0435. The summed E-state index contributed by atoms with van der Waals surface area (Å²) >= 11 is 1.32. The first kappa shape index (κ1) is 21.5. The fourth-order valence-electron chi connectivity index (χ4n) is 2.90. The van der Waals surface area contributed by atoms with Crippen molar-refractivity contribution in [2.75, 3.05) is 17.1 Å². The summed E-state index contributed by atoms with van der Waals surface area (Å²) < 4.78 is 32.8. The van der Waals surface area contributed by atoms with E-state index in [0.29, 0.717) is 22.1 Å². The smallest absolute Gasteiger partial charge is 0.261 e. The molecule has 3 aromatic carbocycles. The van der Waals surface area contributed by atoms with Crippen LogP contribution in [-0.4, -0.2) is 26.4 Å². The Kier molecular flexibility index (Phi) is 6.20. The number of anilines is 2. The van der Waals surface area contributed by atoms with Gasteiger partial charge in [-0.05, 0) is 48.5 Å². The van der Waals surface area contributed by atoms with Gasteiger partial charge in [0.1, 0.15) is 5.75 Å². The lowest BCUT2D eigenvalue weighted by Gasteiger charge is -2.09. The summed E-state index contributed by atoms with van der Waals surface area (Å²) in [5.74, 6) is 0.255. The molecular weight excluding hydrogens is 446 g/mol. The van der Waals surface area contributed by atoms with Crippen LogP contribution < -0.4 is 14.8 Å². The van der Waals surface area contributed by atoms with Gasteiger partial charge in [-0.25, -0.2) is 13.4 Å². The zero-order chi connectivity index (χ0) is 22.6. The first-order chi connectivity index (χ1) is 15.4. The van der Waals surface area contributed by atoms with Crippen molar-refractivity contribution >= 4 is 38.1 Å². The van der Waals surface area contributed by atoms with E-state index < -0.39 is 10.0 Å². The van der Waals surface area contributed by atoms with Crippen molar-refractivity contribution in [1.82, 2.24) is 4.98 Å². The Bertz CT molecular complexity index is 1320. The molecule has 0 atom stereocenters. The Morgan fingerprint density at radius 3 is 2.28 bits per heavy atom. The minimum absolute atomic E-state index is 0.0467. The van der Waals surface area contributed by atoms with Crippen molar-refractivity contribution in [3.05, 3.63) is 89.8 Å². The van der Waals surface area contributed by atoms with Gasteiger partial charge in [0.15, 0.2) is 5.13 Å². The maximum absolute atomic E-state index is 12.6. The Morgan fingerprint density at radius 2 is 1.62 bits per heavy atom. The molecule has 4 rings (SSSR count). The molecule has 0 aliphatic rings. The number of hydrogen-bond donors (Lipinski definition) is 2. The number of amides is 1. The molecular formula is C23H19N3O4S2. The van der Waals surface area contributed by atoms with Crippen LogP contribution in [0.1, 0.15) is 10.4 Å². The monoisotopic (exact) mass is 465 g/mol. The highest BCUT2D eigenvalue weighted by molar-refractivity contribution is 7.92. The van der Waals surface area contributed by atoms with Crippen molar-refractivity contribution in [2.45, 2.75) is 4.90 Å². The highest BCUT2D eigenvalue weighted by atomic mass is 32.2. The lowest BCUT2D eigenvalue weighted by atomic mass is 10.2. The molecule has 0 radical (unpaired) electrons. The highest BCUT2D eigenvalue weighted by Crippen LogP contribution is 2.25. The number of ether oxygens (including phenoxy) is 1. The quantitative estimate of drug-likeness (QED) is 0.406. The number of hydrogen-bond acceptors (Lipinski definition) is 6. The van der Waals surface area contributed by atoms with E-state index in [1.807, 2.05) is 35.7 Å². The van der Waals surface area contributed by atoms with Gasteiger partial charge < -0.3 is 4.74 Å². The number of nitrogens with zero attached hydrogens (tertiary/aromatic N) is 1. The van der Waals surface area contributed by atoms with Crippen molar-refractivity contribution in [3.63, 3.8) is 0 Å². The molecule has 0 fully saturated rings. The molecule has 0 unspecified atom stereocenters. The van der Waals surface area contributed by atoms with Crippen LogP contribution in [0, 0.1) is 0 Å². The molecule has 0 aliphatic carbocycles. The highest BCUT2D eigenvalue weighted by Gasteiger charge is 2.16. The maximum atomic E-state index is 12.6. The van der Waals surface area contributed by atoms with Crippen molar-refractivity contribution in [1.29, 1.82) is 0 Å². The van der Waals surface area contributed by atoms with E-state index in [-0.39, 0.29) is 10.8 Å². The summed E-state index contributed by atoms with van der Waals surface area (Å²) in [6, 6.07) is 21.9. The van der Waals surface area contributed by atoms with Crippen molar-refractivity contribution < 1.29 is 17.9 Å². The summed E-state index contributed by atoms with van der Waals surface area (Å²) in [6.07, 6.45) is 0. The first-order valence-electron chi connectivity index (χ1n) is 9.54. The number of rotatable bonds is 7. The van der Waals surface area contributed by atoms with E-state index in [2.05, 4.69) is 15.0 Å². The molecule has 162 valence electrons. The Hall–Kier alpha value is -3.69. The maximum Gasteiger partial charge on any atom is 0.261 e. The topological polar surface area (TPSA) is 97.4 Å². The number of sulfonamides is 1. The molecule has 9 heteroatoms. The van der Waals surface area contributed by atoms with E-state index in [9.17, 15) is 13.2 Å². The minimum atomic E-state index is -3.79. The number of carbonyl (C=O) groups excluding carboxylic acids is 1. The van der Waals surface area contributed by atoms with Crippen molar-refractivity contribution in [2.24, 2.45) is 0 Å². The average molecular weight is 466 g/mol. The van der Waals surface area contributed by atoms with Crippen LogP contribution in [-0.2, 0) is 10.0 Å². The molecule has 2 N–H and O–H groups in total. The van der Waals surface area contributed by atoms with Crippen LogP contribution in [0.15, 0.2) is 89.1 Å². The summed E-state index contributed by atoms with van der Waals surface area (Å²) in [5, 5.41) is 5.08. The summed E-state index contributed by atoms with van der Waals surface area (Å²) in [4.78, 5) is 17.0. The zero-order valence-electron chi connectivity index (χ0n) is 17.0. The number of benzene rings is 3. The van der Waals surface area contributed by atoms with Gasteiger partial charge in [0.25, 0.3) is 15.9 Å². The van der Waals surface area contributed by atoms with Crippen LogP contribution in [0.5, 0.6) is 5.75 Å². The molecule has 0 spiro atoms.